The van der Waals surface area contributed by atoms with Gasteiger partial charge in [0.05, 0.1) is 11.6 Å². The van der Waals surface area contributed by atoms with Crippen LogP contribution >= 0.6 is 11.6 Å². The molecule has 0 saturated heterocycles. The molecule has 86 valence electrons. The van der Waals surface area contributed by atoms with Gasteiger partial charge in [-0.2, -0.15) is 5.26 Å². The lowest BCUT2D eigenvalue weighted by Gasteiger charge is -2.04. The van der Waals surface area contributed by atoms with Crippen molar-refractivity contribution in [3.63, 3.8) is 0 Å². The van der Waals surface area contributed by atoms with Gasteiger partial charge in [-0.3, -0.25) is 0 Å². The van der Waals surface area contributed by atoms with Crippen molar-refractivity contribution in [3.05, 3.63) is 34.5 Å². The van der Waals surface area contributed by atoms with Gasteiger partial charge in [0.25, 0.3) is 0 Å². The second-order valence-electron chi connectivity index (χ2n) is 3.74. The topological polar surface area (TPSA) is 66.0 Å². The van der Waals surface area contributed by atoms with Gasteiger partial charge in [0.1, 0.15) is 12.2 Å². The van der Waals surface area contributed by atoms with Crippen molar-refractivity contribution >= 4 is 28.5 Å². The molecule has 0 aliphatic carbocycles. The standard InChI is InChI=1S/C12H9ClN2O2/c1-7-4-8-5-11(12(16)17)15(3-2-14)10(8)6-9(7)13/h4-6H,3H2,1H3,(H,16,17). The molecule has 0 amide bonds. The lowest BCUT2D eigenvalue weighted by Crippen LogP contribution is -2.07. The van der Waals surface area contributed by atoms with Crippen LogP contribution in [0.1, 0.15) is 16.1 Å². The third kappa shape index (κ3) is 1.85. The van der Waals surface area contributed by atoms with Crippen molar-refractivity contribution < 1.29 is 9.90 Å². The minimum atomic E-state index is -1.05. The normalized spacial score (nSPS) is 10.4. The fraction of sp³-hybridized carbons (Fsp3) is 0.167. The molecule has 0 aliphatic rings. The number of aromatic nitrogens is 1. The van der Waals surface area contributed by atoms with Crippen molar-refractivity contribution in [1.29, 1.82) is 5.26 Å². The Balaban J connectivity index is 2.81. The van der Waals surface area contributed by atoms with E-state index >= 15 is 0 Å². The molecule has 17 heavy (non-hydrogen) atoms. The van der Waals surface area contributed by atoms with E-state index in [-0.39, 0.29) is 12.2 Å². The van der Waals surface area contributed by atoms with E-state index in [9.17, 15) is 4.79 Å². The van der Waals surface area contributed by atoms with Crippen LogP contribution in [-0.2, 0) is 6.54 Å². The van der Waals surface area contributed by atoms with E-state index in [0.717, 1.165) is 10.9 Å². The third-order valence-electron chi connectivity index (χ3n) is 2.63. The summed E-state index contributed by atoms with van der Waals surface area (Å²) in [6.07, 6.45) is 0. The van der Waals surface area contributed by atoms with E-state index in [0.29, 0.717) is 10.5 Å². The number of aryl methyl sites for hydroxylation is 1. The number of halogens is 1. The number of rotatable bonds is 2. The number of nitriles is 1. The molecule has 0 aliphatic heterocycles. The highest BCUT2D eigenvalue weighted by Crippen LogP contribution is 2.26. The van der Waals surface area contributed by atoms with Crippen molar-refractivity contribution in [3.8, 4) is 6.07 Å². The van der Waals surface area contributed by atoms with Gasteiger partial charge in [-0.15, -0.1) is 0 Å². The molecular weight excluding hydrogens is 240 g/mol. The van der Waals surface area contributed by atoms with E-state index in [4.69, 9.17) is 22.0 Å². The molecule has 1 N–H and O–H groups in total. The summed E-state index contributed by atoms with van der Waals surface area (Å²) in [7, 11) is 0. The van der Waals surface area contributed by atoms with Gasteiger partial charge >= 0.3 is 5.97 Å². The first kappa shape index (κ1) is 11.5. The zero-order chi connectivity index (χ0) is 12.6. The molecule has 0 unspecified atom stereocenters. The van der Waals surface area contributed by atoms with Gasteiger partial charge < -0.3 is 9.67 Å². The van der Waals surface area contributed by atoms with Crippen LogP contribution in [0.15, 0.2) is 18.2 Å². The minimum Gasteiger partial charge on any atom is -0.477 e. The molecule has 0 bridgehead atoms. The smallest absolute Gasteiger partial charge is 0.352 e. The number of carboxylic acid groups (broad SMARTS) is 1. The lowest BCUT2D eigenvalue weighted by atomic mass is 10.2. The summed E-state index contributed by atoms with van der Waals surface area (Å²) >= 11 is 6.00. The van der Waals surface area contributed by atoms with E-state index < -0.39 is 5.97 Å². The zero-order valence-corrected chi connectivity index (χ0v) is 9.82. The maximum Gasteiger partial charge on any atom is 0.352 e. The van der Waals surface area contributed by atoms with Crippen LogP contribution < -0.4 is 0 Å². The number of hydrogen-bond acceptors (Lipinski definition) is 2. The lowest BCUT2D eigenvalue weighted by molar-refractivity contribution is 0.0686. The monoisotopic (exact) mass is 248 g/mol. The molecular formula is C12H9ClN2O2. The molecule has 1 aromatic heterocycles. The summed E-state index contributed by atoms with van der Waals surface area (Å²) in [4.78, 5) is 11.1. The maximum absolute atomic E-state index is 11.1. The minimum absolute atomic E-state index is 0.00940. The summed E-state index contributed by atoms with van der Waals surface area (Å²) in [5, 5.41) is 19.1. The van der Waals surface area contributed by atoms with Crippen LogP contribution in [0.2, 0.25) is 5.02 Å². The molecule has 0 fully saturated rings. The highest BCUT2D eigenvalue weighted by molar-refractivity contribution is 6.32. The molecule has 1 aromatic carbocycles. The summed E-state index contributed by atoms with van der Waals surface area (Å²) in [6, 6.07) is 7.01. The average Bonchev–Trinajstić information content (AvgIpc) is 2.59. The highest BCUT2D eigenvalue weighted by atomic mass is 35.5. The first-order valence-electron chi connectivity index (χ1n) is 4.94. The quantitative estimate of drug-likeness (QED) is 0.889. The molecule has 0 saturated carbocycles. The van der Waals surface area contributed by atoms with Crippen LogP contribution in [-0.4, -0.2) is 15.6 Å². The van der Waals surface area contributed by atoms with Gasteiger partial charge in [-0.1, -0.05) is 11.6 Å². The van der Waals surface area contributed by atoms with Gasteiger partial charge in [0, 0.05) is 10.4 Å². The SMILES string of the molecule is Cc1cc2cc(C(=O)O)n(CC#N)c2cc1Cl. The molecule has 0 spiro atoms. The van der Waals surface area contributed by atoms with Crippen molar-refractivity contribution in [2.24, 2.45) is 0 Å². The largest absolute Gasteiger partial charge is 0.477 e. The molecule has 0 radical (unpaired) electrons. The Morgan fingerprint density at radius 2 is 2.24 bits per heavy atom. The molecule has 5 heteroatoms. The van der Waals surface area contributed by atoms with Crippen LogP contribution in [0.3, 0.4) is 0 Å². The van der Waals surface area contributed by atoms with Gasteiger partial charge in [0.2, 0.25) is 0 Å². The molecule has 0 atom stereocenters. The summed E-state index contributed by atoms with van der Waals surface area (Å²) < 4.78 is 1.45. The van der Waals surface area contributed by atoms with Crippen LogP contribution in [0.5, 0.6) is 0 Å². The fourth-order valence-corrected chi connectivity index (χ4v) is 1.97. The Labute approximate surface area is 103 Å². The van der Waals surface area contributed by atoms with Gasteiger partial charge in [-0.25, -0.2) is 4.79 Å². The van der Waals surface area contributed by atoms with Gasteiger partial charge in [0.15, 0.2) is 0 Å². The number of aromatic carboxylic acids is 1. The Bertz CT molecular complexity index is 653. The number of fused-ring (bicyclic) bond motifs is 1. The van der Waals surface area contributed by atoms with Crippen molar-refractivity contribution in [1.82, 2.24) is 4.57 Å². The number of hydrogen-bond donors (Lipinski definition) is 1. The van der Waals surface area contributed by atoms with Crippen molar-refractivity contribution in [2.45, 2.75) is 13.5 Å². The van der Waals surface area contributed by atoms with Crippen LogP contribution in [0.4, 0.5) is 0 Å². The second kappa shape index (κ2) is 4.11. The number of carbonyl (C=O) groups is 1. The average molecular weight is 249 g/mol. The number of benzene rings is 1. The Morgan fingerprint density at radius 3 is 2.82 bits per heavy atom. The van der Waals surface area contributed by atoms with Crippen LogP contribution in [0.25, 0.3) is 10.9 Å². The molecule has 2 aromatic rings. The maximum atomic E-state index is 11.1. The predicted molar refractivity (Wildman–Crippen MR) is 64.3 cm³/mol. The summed E-state index contributed by atoms with van der Waals surface area (Å²) in [6.45, 7) is 1.84. The Morgan fingerprint density at radius 1 is 1.53 bits per heavy atom. The Kier molecular flexibility index (Phi) is 2.78. The predicted octanol–water partition coefficient (Wildman–Crippen LogP) is 2.82. The summed E-state index contributed by atoms with van der Waals surface area (Å²) in [5.41, 5.74) is 1.65. The third-order valence-corrected chi connectivity index (χ3v) is 3.04. The van der Waals surface area contributed by atoms with E-state index in [1.165, 1.54) is 4.57 Å². The van der Waals surface area contributed by atoms with Crippen LogP contribution in [0, 0.1) is 18.3 Å². The molecule has 1 heterocycles. The molecule has 4 nitrogen and oxygen atoms in total. The van der Waals surface area contributed by atoms with Crippen molar-refractivity contribution in [2.75, 3.05) is 0 Å². The van der Waals surface area contributed by atoms with E-state index in [1.807, 2.05) is 19.1 Å². The van der Waals surface area contributed by atoms with E-state index in [1.54, 1.807) is 12.1 Å². The number of nitrogens with zero attached hydrogens (tertiary/aromatic N) is 2. The first-order chi connectivity index (χ1) is 8.04. The second-order valence-corrected chi connectivity index (χ2v) is 4.15. The highest BCUT2D eigenvalue weighted by Gasteiger charge is 2.15. The first-order valence-corrected chi connectivity index (χ1v) is 5.32. The summed E-state index contributed by atoms with van der Waals surface area (Å²) in [5.74, 6) is -1.05. The fourth-order valence-electron chi connectivity index (χ4n) is 1.82. The zero-order valence-electron chi connectivity index (χ0n) is 9.07. The van der Waals surface area contributed by atoms with Gasteiger partial charge in [-0.05, 0) is 30.7 Å². The number of carboxylic acids is 1. The van der Waals surface area contributed by atoms with E-state index in [2.05, 4.69) is 0 Å². The Hall–Kier alpha value is -1.99. The molecule has 2 rings (SSSR count).